The second kappa shape index (κ2) is 8.54. The average Bonchev–Trinajstić information content (AvgIpc) is 3.16. The van der Waals surface area contributed by atoms with Crippen molar-refractivity contribution in [3.05, 3.63) is 48.3 Å². The normalized spacial score (nSPS) is 10.5. The molecule has 0 aliphatic rings. The number of benzene rings is 2. The Balaban J connectivity index is 1.61. The van der Waals surface area contributed by atoms with Crippen LogP contribution in [0, 0.1) is 5.82 Å². The van der Waals surface area contributed by atoms with E-state index in [9.17, 15) is 9.18 Å². The van der Waals surface area contributed by atoms with E-state index in [1.54, 1.807) is 30.3 Å². The topological polar surface area (TPSA) is 86.5 Å². The summed E-state index contributed by atoms with van der Waals surface area (Å²) in [5.74, 6) is 0.814. The highest BCUT2D eigenvalue weighted by atomic mass is 32.2. The van der Waals surface area contributed by atoms with Crippen LogP contribution in [0.15, 0.2) is 52.1 Å². The van der Waals surface area contributed by atoms with E-state index in [2.05, 4.69) is 15.5 Å². The molecule has 0 aliphatic heterocycles. The van der Waals surface area contributed by atoms with Gasteiger partial charge in [-0.05, 0) is 36.4 Å². The number of thioether (sulfide) groups is 1. The Morgan fingerprint density at radius 3 is 2.63 bits per heavy atom. The van der Waals surface area contributed by atoms with E-state index in [0.717, 1.165) is 11.8 Å². The number of carbonyl (C=O) groups is 1. The number of nitrogens with one attached hydrogen (secondary N) is 1. The van der Waals surface area contributed by atoms with Gasteiger partial charge in [0.05, 0.1) is 25.7 Å². The number of amides is 1. The van der Waals surface area contributed by atoms with E-state index in [1.165, 1.54) is 26.4 Å². The summed E-state index contributed by atoms with van der Waals surface area (Å²) in [6.45, 7) is 0. The molecular weight excluding hydrogens is 373 g/mol. The number of hydrogen-bond donors (Lipinski definition) is 1. The number of carbonyl (C=O) groups excluding carboxylic acids is 1. The number of rotatable bonds is 7. The summed E-state index contributed by atoms with van der Waals surface area (Å²) in [6.07, 6.45) is 0. The summed E-state index contributed by atoms with van der Waals surface area (Å²) in [4.78, 5) is 12.2. The third kappa shape index (κ3) is 4.76. The summed E-state index contributed by atoms with van der Waals surface area (Å²) in [7, 11) is 3.05. The molecule has 0 atom stereocenters. The predicted octanol–water partition coefficient (Wildman–Crippen LogP) is 3.62. The zero-order chi connectivity index (χ0) is 19.2. The molecule has 1 N–H and O–H groups in total. The number of anilines is 1. The van der Waals surface area contributed by atoms with Crippen LogP contribution in [0.25, 0.3) is 11.5 Å². The first-order valence-electron chi connectivity index (χ1n) is 7.83. The molecule has 0 fully saturated rings. The molecule has 0 saturated heterocycles. The number of nitrogens with zero attached hydrogens (tertiary/aromatic N) is 2. The molecule has 1 heterocycles. The molecule has 0 bridgehead atoms. The zero-order valence-electron chi connectivity index (χ0n) is 14.6. The molecule has 0 unspecified atom stereocenters. The van der Waals surface area contributed by atoms with Crippen LogP contribution in [0.5, 0.6) is 11.5 Å². The van der Waals surface area contributed by atoms with Crippen LogP contribution in [0.3, 0.4) is 0 Å². The first-order valence-corrected chi connectivity index (χ1v) is 8.81. The predicted molar refractivity (Wildman–Crippen MR) is 98.6 cm³/mol. The highest BCUT2D eigenvalue weighted by molar-refractivity contribution is 7.99. The van der Waals surface area contributed by atoms with Crippen molar-refractivity contribution < 1.29 is 23.1 Å². The summed E-state index contributed by atoms with van der Waals surface area (Å²) < 4.78 is 28.8. The minimum atomic E-state index is -0.350. The van der Waals surface area contributed by atoms with E-state index in [4.69, 9.17) is 13.9 Å². The smallest absolute Gasteiger partial charge is 0.277 e. The van der Waals surface area contributed by atoms with Crippen molar-refractivity contribution in [3.8, 4) is 23.0 Å². The van der Waals surface area contributed by atoms with Crippen molar-refractivity contribution in [3.63, 3.8) is 0 Å². The largest absolute Gasteiger partial charge is 0.497 e. The standard InChI is InChI=1S/C18H16FN3O4S/c1-24-13-7-8-15(25-2)14(9-13)20-16(23)10-27-18-22-21-17(26-18)11-3-5-12(19)6-4-11/h3-9H,10H2,1-2H3,(H,20,23). The van der Waals surface area contributed by atoms with Crippen LogP contribution in [-0.2, 0) is 4.79 Å². The minimum absolute atomic E-state index is 0.0609. The molecule has 0 spiro atoms. The van der Waals surface area contributed by atoms with E-state index >= 15 is 0 Å². The van der Waals surface area contributed by atoms with Gasteiger partial charge in [0.2, 0.25) is 11.8 Å². The molecule has 1 aromatic heterocycles. The van der Waals surface area contributed by atoms with Crippen molar-refractivity contribution in [2.45, 2.75) is 5.22 Å². The van der Waals surface area contributed by atoms with Gasteiger partial charge in [-0.1, -0.05) is 11.8 Å². The van der Waals surface area contributed by atoms with Gasteiger partial charge in [-0.3, -0.25) is 4.79 Å². The van der Waals surface area contributed by atoms with Gasteiger partial charge < -0.3 is 19.2 Å². The molecule has 27 heavy (non-hydrogen) atoms. The van der Waals surface area contributed by atoms with Gasteiger partial charge in [0.15, 0.2) is 0 Å². The summed E-state index contributed by atoms with van der Waals surface area (Å²) in [5, 5.41) is 10.8. The molecule has 0 aliphatic carbocycles. The first-order chi connectivity index (χ1) is 13.1. The number of aromatic nitrogens is 2. The molecule has 3 rings (SSSR count). The third-order valence-corrected chi connectivity index (χ3v) is 4.32. The number of hydrogen-bond acceptors (Lipinski definition) is 7. The lowest BCUT2D eigenvalue weighted by atomic mass is 10.2. The Kier molecular flexibility index (Phi) is 5.92. The minimum Gasteiger partial charge on any atom is -0.497 e. The molecular formula is C18H16FN3O4S. The third-order valence-electron chi connectivity index (χ3n) is 3.51. The van der Waals surface area contributed by atoms with Crippen molar-refractivity contribution in [2.75, 3.05) is 25.3 Å². The Hall–Kier alpha value is -3.07. The van der Waals surface area contributed by atoms with Crippen molar-refractivity contribution >= 4 is 23.4 Å². The molecule has 3 aromatic rings. The Morgan fingerprint density at radius 1 is 1.15 bits per heavy atom. The van der Waals surface area contributed by atoms with Gasteiger partial charge in [0.25, 0.3) is 5.22 Å². The average molecular weight is 389 g/mol. The van der Waals surface area contributed by atoms with Crippen LogP contribution in [0.1, 0.15) is 0 Å². The van der Waals surface area contributed by atoms with Crippen LogP contribution in [0.2, 0.25) is 0 Å². The molecule has 1 amide bonds. The molecule has 140 valence electrons. The second-order valence-corrected chi connectivity index (χ2v) is 6.21. The zero-order valence-corrected chi connectivity index (χ0v) is 15.4. The number of methoxy groups -OCH3 is 2. The van der Waals surface area contributed by atoms with Gasteiger partial charge in [-0.2, -0.15) is 0 Å². The summed E-state index contributed by atoms with van der Waals surface area (Å²) in [5.41, 5.74) is 1.10. The van der Waals surface area contributed by atoms with Crippen LogP contribution >= 0.6 is 11.8 Å². The monoisotopic (exact) mass is 389 g/mol. The van der Waals surface area contributed by atoms with Crippen molar-refractivity contribution in [1.82, 2.24) is 10.2 Å². The van der Waals surface area contributed by atoms with Crippen molar-refractivity contribution in [2.24, 2.45) is 0 Å². The van der Waals surface area contributed by atoms with Crippen LogP contribution in [-0.4, -0.2) is 36.1 Å². The molecule has 0 saturated carbocycles. The van der Waals surface area contributed by atoms with E-state index in [1.807, 2.05) is 0 Å². The van der Waals surface area contributed by atoms with E-state index in [0.29, 0.717) is 22.7 Å². The van der Waals surface area contributed by atoms with Gasteiger partial charge in [0, 0.05) is 11.6 Å². The van der Waals surface area contributed by atoms with Gasteiger partial charge in [0.1, 0.15) is 17.3 Å². The first kappa shape index (κ1) is 18.7. The fraction of sp³-hybridized carbons (Fsp3) is 0.167. The summed E-state index contributed by atoms with van der Waals surface area (Å²) >= 11 is 1.09. The van der Waals surface area contributed by atoms with Gasteiger partial charge >= 0.3 is 0 Å². The lowest BCUT2D eigenvalue weighted by Gasteiger charge is -2.11. The van der Waals surface area contributed by atoms with E-state index < -0.39 is 0 Å². The van der Waals surface area contributed by atoms with Crippen LogP contribution in [0.4, 0.5) is 10.1 Å². The van der Waals surface area contributed by atoms with Crippen molar-refractivity contribution in [1.29, 1.82) is 0 Å². The Morgan fingerprint density at radius 2 is 1.93 bits per heavy atom. The summed E-state index contributed by atoms with van der Waals surface area (Å²) in [6, 6.07) is 10.8. The maximum absolute atomic E-state index is 13.0. The maximum Gasteiger partial charge on any atom is 0.277 e. The molecule has 7 nitrogen and oxygen atoms in total. The quantitative estimate of drug-likeness (QED) is 0.618. The van der Waals surface area contributed by atoms with Gasteiger partial charge in [-0.25, -0.2) is 4.39 Å². The Labute approximate surface area is 158 Å². The maximum atomic E-state index is 13.0. The van der Waals surface area contributed by atoms with Crippen LogP contribution < -0.4 is 14.8 Å². The highest BCUT2D eigenvalue weighted by Gasteiger charge is 2.13. The number of ether oxygens (including phenoxy) is 2. The second-order valence-electron chi connectivity index (χ2n) is 5.28. The molecule has 2 aromatic carbocycles. The fourth-order valence-corrected chi connectivity index (χ4v) is 2.77. The van der Waals surface area contributed by atoms with Gasteiger partial charge in [-0.15, -0.1) is 10.2 Å². The number of halogens is 1. The van der Waals surface area contributed by atoms with E-state index in [-0.39, 0.29) is 28.6 Å². The molecule has 9 heteroatoms. The fourth-order valence-electron chi connectivity index (χ4n) is 2.20. The lowest BCUT2D eigenvalue weighted by Crippen LogP contribution is -2.14. The SMILES string of the molecule is COc1ccc(OC)c(NC(=O)CSc2nnc(-c3ccc(F)cc3)o2)c1. The lowest BCUT2D eigenvalue weighted by molar-refractivity contribution is -0.113. The Bertz CT molecular complexity index is 931. The highest BCUT2D eigenvalue weighted by Crippen LogP contribution is 2.29. The molecule has 0 radical (unpaired) electrons.